The highest BCUT2D eigenvalue weighted by atomic mass is 32.2. The number of carboxylic acid groups (broad SMARTS) is 1. The number of anilines is 2. The van der Waals surface area contributed by atoms with E-state index in [1.165, 1.54) is 7.11 Å². The van der Waals surface area contributed by atoms with Crippen molar-refractivity contribution in [2.45, 2.75) is 12.8 Å². The maximum atomic E-state index is 12.8. The van der Waals surface area contributed by atoms with Crippen LogP contribution in [0.2, 0.25) is 0 Å². The number of hydrogen-bond donors (Lipinski definition) is 5. The summed E-state index contributed by atoms with van der Waals surface area (Å²) in [6, 6.07) is 5.17. The summed E-state index contributed by atoms with van der Waals surface area (Å²) < 4.78 is 5.33. The Labute approximate surface area is 199 Å². The van der Waals surface area contributed by atoms with Crippen molar-refractivity contribution in [1.82, 2.24) is 4.98 Å². The Hall–Kier alpha value is -4.16. The number of aromatic amines is 1. The van der Waals surface area contributed by atoms with Gasteiger partial charge in [0.1, 0.15) is 5.75 Å². The summed E-state index contributed by atoms with van der Waals surface area (Å²) in [6.07, 6.45) is 7.26. The molecule has 0 unspecified atom stereocenters. The number of aliphatic carboxylic acids is 1. The highest BCUT2D eigenvalue weighted by Gasteiger charge is 2.29. The number of carboxylic acids is 1. The topological polar surface area (TPSA) is 121 Å². The van der Waals surface area contributed by atoms with Crippen LogP contribution in [0.5, 0.6) is 5.75 Å². The molecule has 4 rings (SSSR count). The average Bonchev–Trinajstić information content (AvgIpc) is 3.53. The van der Waals surface area contributed by atoms with Gasteiger partial charge in [0.15, 0.2) is 0 Å². The number of benzene rings is 1. The predicted octanol–water partition coefficient (Wildman–Crippen LogP) is 3.71. The van der Waals surface area contributed by atoms with Crippen molar-refractivity contribution in [2.75, 3.05) is 23.5 Å². The van der Waals surface area contributed by atoms with Gasteiger partial charge in [-0.05, 0) is 35.1 Å². The third kappa shape index (κ3) is 5.08. The zero-order chi connectivity index (χ0) is 24.1. The lowest BCUT2D eigenvalue weighted by molar-refractivity contribution is -0.136. The summed E-state index contributed by atoms with van der Waals surface area (Å²) in [5.41, 5.74) is 3.01. The molecule has 0 spiro atoms. The second-order valence-electron chi connectivity index (χ2n) is 7.48. The van der Waals surface area contributed by atoms with E-state index in [1.54, 1.807) is 30.5 Å². The number of carbonyl (C=O) groups is 3. The third-order valence-electron chi connectivity index (χ3n) is 5.16. The Morgan fingerprint density at radius 1 is 1.24 bits per heavy atom. The second kappa shape index (κ2) is 10.2. The van der Waals surface area contributed by atoms with Crippen molar-refractivity contribution >= 4 is 51.7 Å². The molecule has 0 fully saturated rings. The molecule has 2 aromatic rings. The minimum Gasteiger partial charge on any atom is -0.495 e. The number of amides is 2. The van der Waals surface area contributed by atoms with E-state index in [4.69, 9.17) is 9.84 Å². The van der Waals surface area contributed by atoms with E-state index in [-0.39, 0.29) is 24.7 Å². The van der Waals surface area contributed by atoms with Gasteiger partial charge in [0.05, 0.1) is 47.5 Å². The van der Waals surface area contributed by atoms with Crippen LogP contribution < -0.4 is 15.4 Å². The molecule has 2 aliphatic heterocycles. The zero-order valence-electron chi connectivity index (χ0n) is 18.3. The molecule has 34 heavy (non-hydrogen) atoms. The van der Waals surface area contributed by atoms with Gasteiger partial charge in [-0.2, -0.15) is 0 Å². The first-order valence-corrected chi connectivity index (χ1v) is 12.2. The van der Waals surface area contributed by atoms with Gasteiger partial charge in [0, 0.05) is 18.2 Å². The smallest absolute Gasteiger partial charge is 0.304 e. The first-order valence-electron chi connectivity index (χ1n) is 10.5. The number of aromatic nitrogens is 1. The molecule has 2 aliphatic rings. The van der Waals surface area contributed by atoms with E-state index in [0.717, 1.165) is 0 Å². The van der Waals surface area contributed by atoms with E-state index in [0.29, 0.717) is 45.3 Å². The third-order valence-corrected chi connectivity index (χ3v) is 6.92. The van der Waals surface area contributed by atoms with E-state index >= 15 is 0 Å². The van der Waals surface area contributed by atoms with Crippen molar-refractivity contribution in [3.05, 3.63) is 64.2 Å². The largest absolute Gasteiger partial charge is 0.495 e. The average molecular weight is 478 g/mol. The summed E-state index contributed by atoms with van der Waals surface area (Å²) >= 11 is 0. The monoisotopic (exact) mass is 477 g/mol. The zero-order valence-corrected chi connectivity index (χ0v) is 19.2. The Morgan fingerprint density at radius 3 is 2.76 bits per heavy atom. The van der Waals surface area contributed by atoms with Gasteiger partial charge in [-0.25, -0.2) is 10.9 Å². The lowest BCUT2D eigenvalue weighted by Gasteiger charge is -2.14. The van der Waals surface area contributed by atoms with Crippen LogP contribution in [0.25, 0.3) is 11.6 Å². The number of methoxy groups -OCH3 is 1. The number of thiol groups is 1. The summed E-state index contributed by atoms with van der Waals surface area (Å²) in [4.78, 5) is 39.5. The van der Waals surface area contributed by atoms with Crippen LogP contribution >= 0.6 is 10.9 Å². The maximum Gasteiger partial charge on any atom is 0.304 e. The first-order chi connectivity index (χ1) is 16.5. The van der Waals surface area contributed by atoms with Crippen molar-refractivity contribution in [1.29, 1.82) is 0 Å². The molecule has 3 heterocycles. The van der Waals surface area contributed by atoms with Crippen molar-refractivity contribution in [3.8, 4) is 17.6 Å². The fraction of sp³-hybridized carbons (Fsp3) is 0.160. The van der Waals surface area contributed by atoms with E-state index < -0.39 is 16.9 Å². The Morgan fingerprint density at radius 2 is 2.03 bits per heavy atom. The molecule has 0 saturated heterocycles. The van der Waals surface area contributed by atoms with Crippen LogP contribution in [0.3, 0.4) is 0 Å². The van der Waals surface area contributed by atoms with Gasteiger partial charge in [-0.3, -0.25) is 14.4 Å². The predicted molar refractivity (Wildman–Crippen MR) is 135 cm³/mol. The molecular formula is C25H23N3O5S. The molecule has 4 N–H and O–H groups in total. The van der Waals surface area contributed by atoms with E-state index in [2.05, 4.69) is 27.5 Å². The van der Waals surface area contributed by atoms with Crippen LogP contribution in [-0.2, 0) is 14.4 Å². The fourth-order valence-electron chi connectivity index (χ4n) is 3.62. The standard InChI is InChI=1S/C25H23N3O5S/c1-33-21-10-11-26-20(21)14-17-24-16(6-2-3-7-23(30)31)18(8-9-19(24)28-25(17)32)27-22(29)15-34-12-4-5-13-34/h4-5,8-14,26,34H,3,7,15H2,1H3,(H,27,29)(H,28,32)(H,30,31)/b17-14-. The van der Waals surface area contributed by atoms with Gasteiger partial charge < -0.3 is 25.5 Å². The van der Waals surface area contributed by atoms with Gasteiger partial charge in [-0.15, -0.1) is 0 Å². The molecule has 1 aromatic carbocycles. The molecule has 174 valence electrons. The molecule has 0 bridgehead atoms. The molecule has 0 saturated carbocycles. The summed E-state index contributed by atoms with van der Waals surface area (Å²) in [5.74, 6) is 5.36. The minimum atomic E-state index is -0.947. The number of nitrogens with one attached hydrogen (secondary N) is 3. The number of allylic oxidation sites excluding steroid dienone is 2. The van der Waals surface area contributed by atoms with Crippen LogP contribution in [0.15, 0.2) is 47.4 Å². The first kappa shape index (κ1) is 23.0. The van der Waals surface area contributed by atoms with Crippen molar-refractivity contribution < 1.29 is 24.2 Å². The lowest BCUT2D eigenvalue weighted by Crippen LogP contribution is -2.16. The van der Waals surface area contributed by atoms with Gasteiger partial charge in [0.2, 0.25) is 5.91 Å². The van der Waals surface area contributed by atoms with Gasteiger partial charge >= 0.3 is 5.97 Å². The highest BCUT2D eigenvalue weighted by molar-refractivity contribution is 8.22. The fourth-order valence-corrected chi connectivity index (χ4v) is 4.98. The van der Waals surface area contributed by atoms with Crippen LogP contribution in [0, 0.1) is 11.8 Å². The van der Waals surface area contributed by atoms with Gasteiger partial charge in [0.25, 0.3) is 5.91 Å². The molecule has 0 radical (unpaired) electrons. The Bertz CT molecular complexity index is 1300. The van der Waals surface area contributed by atoms with Crippen molar-refractivity contribution in [3.63, 3.8) is 0 Å². The van der Waals surface area contributed by atoms with Gasteiger partial charge in [-0.1, -0.05) is 24.0 Å². The lowest BCUT2D eigenvalue weighted by atomic mass is 9.97. The number of hydrogen-bond acceptors (Lipinski definition) is 4. The molecule has 1 aromatic heterocycles. The Balaban J connectivity index is 1.74. The quantitative estimate of drug-likeness (QED) is 0.237. The number of H-pyrrole nitrogens is 1. The molecule has 2 amide bonds. The molecule has 8 nitrogen and oxygen atoms in total. The van der Waals surface area contributed by atoms with E-state index in [1.807, 2.05) is 23.0 Å². The van der Waals surface area contributed by atoms with Crippen molar-refractivity contribution in [2.24, 2.45) is 0 Å². The molecular weight excluding hydrogens is 454 g/mol. The van der Waals surface area contributed by atoms with Crippen LogP contribution in [-0.4, -0.2) is 40.7 Å². The second-order valence-corrected chi connectivity index (χ2v) is 9.42. The molecule has 0 aliphatic carbocycles. The minimum absolute atomic E-state index is 0.105. The molecule has 0 atom stereocenters. The summed E-state index contributed by atoms with van der Waals surface area (Å²) in [7, 11) is 0.902. The number of rotatable bonds is 7. The SMILES string of the molecule is COc1cc[nH]c1/C=C1\C(=O)Nc2ccc(NC(=O)C[SH]3C=CC=C3)c(C#CCCC(=O)O)c21. The Kier molecular flexibility index (Phi) is 6.90. The summed E-state index contributed by atoms with van der Waals surface area (Å²) in [6.45, 7) is 0. The van der Waals surface area contributed by atoms with Crippen LogP contribution in [0.4, 0.5) is 11.4 Å². The highest BCUT2D eigenvalue weighted by Crippen LogP contribution is 2.40. The number of carbonyl (C=O) groups excluding carboxylic acids is 2. The van der Waals surface area contributed by atoms with E-state index in [9.17, 15) is 14.4 Å². The van der Waals surface area contributed by atoms with Crippen LogP contribution in [0.1, 0.15) is 29.7 Å². The number of ether oxygens (including phenoxy) is 1. The molecule has 9 heteroatoms. The normalized spacial score (nSPS) is 15.6. The number of fused-ring (bicyclic) bond motifs is 1. The summed E-state index contributed by atoms with van der Waals surface area (Å²) in [5, 5.41) is 18.7. The maximum absolute atomic E-state index is 12.8.